The van der Waals surface area contributed by atoms with Gasteiger partial charge in [-0.05, 0) is 31.2 Å². The minimum absolute atomic E-state index is 0.150. The summed E-state index contributed by atoms with van der Waals surface area (Å²) in [7, 11) is 0. The zero-order chi connectivity index (χ0) is 23.7. The molecule has 1 heterocycles. The SMILES string of the molecule is CC(OC(=Nc1c(Cl)cccc1Cl)Oc1cccc2cccnc12)(C(F)(F)F)C(F)(F)F. The Balaban J connectivity index is 2.17. The van der Waals surface area contributed by atoms with Gasteiger partial charge >= 0.3 is 18.4 Å². The van der Waals surface area contributed by atoms with E-state index >= 15 is 0 Å². The van der Waals surface area contributed by atoms with Crippen LogP contribution in [0.25, 0.3) is 10.9 Å². The molecule has 3 rings (SSSR count). The van der Waals surface area contributed by atoms with Gasteiger partial charge in [-0.15, -0.1) is 0 Å². The van der Waals surface area contributed by atoms with Crippen LogP contribution < -0.4 is 4.74 Å². The summed E-state index contributed by atoms with van der Waals surface area (Å²) in [6.07, 6.45) is -11.7. The number of hydrogen-bond acceptors (Lipinski definition) is 4. The number of benzene rings is 2. The topological polar surface area (TPSA) is 43.7 Å². The van der Waals surface area contributed by atoms with E-state index < -0.39 is 24.0 Å². The second-order valence-electron chi connectivity index (χ2n) is 6.51. The minimum Gasteiger partial charge on any atom is -0.424 e. The highest BCUT2D eigenvalue weighted by Crippen LogP contribution is 2.46. The van der Waals surface area contributed by atoms with E-state index in [1.807, 2.05) is 0 Å². The molecule has 3 aromatic rings. The third-order valence-corrected chi connectivity index (χ3v) is 4.92. The first kappa shape index (κ1) is 23.9. The fourth-order valence-electron chi connectivity index (χ4n) is 2.46. The summed E-state index contributed by atoms with van der Waals surface area (Å²) in [5, 5.41) is 0.201. The van der Waals surface area contributed by atoms with E-state index in [4.69, 9.17) is 27.9 Å². The summed E-state index contributed by atoms with van der Waals surface area (Å²) in [6.45, 7) is -0.179. The van der Waals surface area contributed by atoms with E-state index in [2.05, 4.69) is 14.7 Å². The highest BCUT2D eigenvalue weighted by atomic mass is 35.5. The zero-order valence-corrected chi connectivity index (χ0v) is 17.4. The summed E-state index contributed by atoms with van der Waals surface area (Å²) in [5.74, 6) is -0.197. The van der Waals surface area contributed by atoms with Gasteiger partial charge in [-0.1, -0.05) is 47.5 Å². The van der Waals surface area contributed by atoms with Crippen LogP contribution in [0, 0.1) is 0 Å². The predicted octanol–water partition coefficient (Wildman–Crippen LogP) is 7.51. The van der Waals surface area contributed by atoms with Crippen LogP contribution in [-0.2, 0) is 4.74 Å². The molecule has 0 N–H and O–H groups in total. The molecule has 0 amide bonds. The fourth-order valence-corrected chi connectivity index (χ4v) is 2.94. The standard InChI is InChI=1S/C20H12Cl2F6N2O2/c1-18(19(23,24)25,20(26,27)28)32-17(30-16-12(21)7-3-8-13(16)22)31-14-9-2-5-11-6-4-10-29-15(11)14/h2-10H,1H3. The Morgan fingerprint density at radius 3 is 2.03 bits per heavy atom. The lowest BCUT2D eigenvalue weighted by Gasteiger charge is -2.33. The van der Waals surface area contributed by atoms with Gasteiger partial charge in [0.05, 0.1) is 10.0 Å². The fraction of sp³-hybridized carbons (Fsp3) is 0.200. The highest BCUT2D eigenvalue weighted by molar-refractivity contribution is 6.38. The number of rotatable bonds is 3. The van der Waals surface area contributed by atoms with Crippen molar-refractivity contribution in [2.24, 2.45) is 4.99 Å². The lowest BCUT2D eigenvalue weighted by Crippen LogP contribution is -2.57. The number of fused-ring (bicyclic) bond motifs is 1. The van der Waals surface area contributed by atoms with Gasteiger partial charge < -0.3 is 9.47 Å². The molecule has 0 aliphatic heterocycles. The van der Waals surface area contributed by atoms with Gasteiger partial charge in [0, 0.05) is 11.6 Å². The molecule has 170 valence electrons. The summed E-state index contributed by atoms with van der Waals surface area (Å²) < 4.78 is 90.2. The third-order valence-electron chi connectivity index (χ3n) is 4.31. The molecule has 0 spiro atoms. The Morgan fingerprint density at radius 1 is 0.875 bits per heavy atom. The van der Waals surface area contributed by atoms with Crippen LogP contribution in [0.5, 0.6) is 5.75 Å². The molecule has 0 unspecified atom stereocenters. The average molecular weight is 497 g/mol. The smallest absolute Gasteiger partial charge is 0.424 e. The van der Waals surface area contributed by atoms with Crippen molar-refractivity contribution in [1.82, 2.24) is 4.98 Å². The number of alkyl halides is 6. The van der Waals surface area contributed by atoms with Crippen LogP contribution in [0.4, 0.5) is 32.0 Å². The first-order valence-corrected chi connectivity index (χ1v) is 9.46. The molecule has 32 heavy (non-hydrogen) atoms. The van der Waals surface area contributed by atoms with Crippen molar-refractivity contribution < 1.29 is 35.8 Å². The van der Waals surface area contributed by atoms with Crippen molar-refractivity contribution in [3.8, 4) is 5.75 Å². The summed E-state index contributed by atoms with van der Waals surface area (Å²) in [5.41, 5.74) is -4.84. The zero-order valence-electron chi connectivity index (χ0n) is 15.9. The van der Waals surface area contributed by atoms with E-state index in [9.17, 15) is 26.3 Å². The van der Waals surface area contributed by atoms with E-state index in [-0.39, 0.29) is 33.9 Å². The maximum absolute atomic E-state index is 13.4. The Labute approximate surface area is 187 Å². The third kappa shape index (κ3) is 4.71. The number of aromatic nitrogens is 1. The maximum Gasteiger partial charge on any atom is 0.437 e. The van der Waals surface area contributed by atoms with Crippen LogP contribution in [0.1, 0.15) is 6.92 Å². The van der Waals surface area contributed by atoms with Crippen LogP contribution in [0.15, 0.2) is 59.7 Å². The van der Waals surface area contributed by atoms with Crippen molar-refractivity contribution in [2.75, 3.05) is 0 Å². The van der Waals surface area contributed by atoms with Crippen LogP contribution in [0.2, 0.25) is 10.0 Å². The van der Waals surface area contributed by atoms with Crippen LogP contribution >= 0.6 is 23.2 Å². The lowest BCUT2D eigenvalue weighted by molar-refractivity contribution is -0.356. The molecule has 1 aromatic heterocycles. The second kappa shape index (κ2) is 8.67. The van der Waals surface area contributed by atoms with Crippen molar-refractivity contribution >= 4 is 45.9 Å². The molecule has 0 aliphatic rings. The molecule has 12 heteroatoms. The second-order valence-corrected chi connectivity index (χ2v) is 7.33. The van der Waals surface area contributed by atoms with Gasteiger partial charge in [-0.25, -0.2) is 0 Å². The van der Waals surface area contributed by atoms with Gasteiger partial charge in [0.25, 0.3) is 5.60 Å². The number of halogens is 8. The molecule has 0 saturated heterocycles. The number of para-hydroxylation sites is 2. The van der Waals surface area contributed by atoms with E-state index in [1.165, 1.54) is 36.5 Å². The van der Waals surface area contributed by atoms with E-state index in [0.717, 1.165) is 0 Å². The molecule has 4 nitrogen and oxygen atoms in total. The normalized spacial score (nSPS) is 13.3. The summed E-state index contributed by atoms with van der Waals surface area (Å²) >= 11 is 11.9. The van der Waals surface area contributed by atoms with Crippen molar-refractivity contribution in [1.29, 1.82) is 0 Å². The maximum atomic E-state index is 13.4. The molecule has 2 aromatic carbocycles. The van der Waals surface area contributed by atoms with Gasteiger partial charge in [0.1, 0.15) is 11.2 Å². The number of nitrogens with zero attached hydrogens (tertiary/aromatic N) is 2. The Morgan fingerprint density at radius 2 is 1.44 bits per heavy atom. The van der Waals surface area contributed by atoms with E-state index in [0.29, 0.717) is 5.39 Å². The van der Waals surface area contributed by atoms with Crippen LogP contribution in [-0.4, -0.2) is 29.0 Å². The van der Waals surface area contributed by atoms with Crippen LogP contribution in [0.3, 0.4) is 0 Å². The molecule has 0 aliphatic carbocycles. The summed E-state index contributed by atoms with van der Waals surface area (Å²) in [6, 6.07) is 11.6. The number of hydrogen-bond donors (Lipinski definition) is 0. The molecule has 0 atom stereocenters. The Bertz CT molecular complexity index is 1130. The molecular formula is C20H12Cl2F6N2O2. The lowest BCUT2D eigenvalue weighted by atomic mass is 10.1. The number of ether oxygens (including phenoxy) is 2. The molecular weight excluding hydrogens is 485 g/mol. The minimum atomic E-state index is -5.86. The average Bonchev–Trinajstić information content (AvgIpc) is 2.69. The molecule has 0 saturated carbocycles. The quantitative estimate of drug-likeness (QED) is 0.214. The van der Waals surface area contributed by atoms with Gasteiger partial charge in [-0.2, -0.15) is 31.3 Å². The van der Waals surface area contributed by atoms with Crippen molar-refractivity contribution in [3.63, 3.8) is 0 Å². The molecule has 0 radical (unpaired) electrons. The first-order chi connectivity index (χ1) is 14.8. The van der Waals surface area contributed by atoms with Crippen molar-refractivity contribution in [3.05, 3.63) is 64.8 Å². The van der Waals surface area contributed by atoms with Gasteiger partial charge in [0.2, 0.25) is 0 Å². The highest BCUT2D eigenvalue weighted by Gasteiger charge is 2.71. The van der Waals surface area contributed by atoms with E-state index in [1.54, 1.807) is 18.2 Å². The molecule has 0 bridgehead atoms. The Kier molecular flexibility index (Phi) is 6.48. The summed E-state index contributed by atoms with van der Waals surface area (Å²) in [4.78, 5) is 7.69. The number of pyridine rings is 1. The van der Waals surface area contributed by atoms with Crippen molar-refractivity contribution in [2.45, 2.75) is 24.9 Å². The Hall–Kier alpha value is -2.72. The first-order valence-electron chi connectivity index (χ1n) is 8.70. The number of aliphatic imine (C=N–C) groups is 1. The van der Waals surface area contributed by atoms with Gasteiger partial charge in [-0.3, -0.25) is 4.98 Å². The van der Waals surface area contributed by atoms with Gasteiger partial charge in [0.15, 0.2) is 5.75 Å². The largest absolute Gasteiger partial charge is 0.437 e. The molecule has 0 fully saturated rings. The monoisotopic (exact) mass is 496 g/mol. The predicted molar refractivity (Wildman–Crippen MR) is 108 cm³/mol.